The standard InChI is InChI=1S/C27H33F3N2O3/c1-25-13-4-5-20(25)18-10-11-22-26(2,21(18)12-14-25)15-19(24(34)32(22)3)23(33)31-16-6-8-17(9-7-16)35-27(28,29)30/h6-9,15,18,20-22H,4-5,10-14H2,1-3H3,(H,31,33)/t18-,20-,21+,22?,25-,26+/m0/s1. The van der Waals surface area contributed by atoms with Crippen molar-refractivity contribution in [1.29, 1.82) is 0 Å². The Balaban J connectivity index is 1.39. The average molecular weight is 491 g/mol. The van der Waals surface area contributed by atoms with Crippen molar-refractivity contribution >= 4 is 17.5 Å². The molecule has 8 heteroatoms. The summed E-state index contributed by atoms with van der Waals surface area (Å²) in [5.41, 5.74) is 0.551. The lowest BCUT2D eigenvalue weighted by Gasteiger charge is -2.60. The molecule has 190 valence electrons. The van der Waals surface area contributed by atoms with Crippen LogP contribution in [0.1, 0.15) is 58.8 Å². The van der Waals surface area contributed by atoms with Gasteiger partial charge >= 0.3 is 6.36 Å². The summed E-state index contributed by atoms with van der Waals surface area (Å²) in [7, 11) is 1.79. The molecule has 1 aromatic rings. The molecule has 0 bridgehead atoms. The number of nitrogens with one attached hydrogen (secondary N) is 1. The Bertz CT molecular complexity index is 1050. The third-order valence-corrected chi connectivity index (χ3v) is 9.57. The first-order chi connectivity index (χ1) is 16.4. The van der Waals surface area contributed by atoms with Gasteiger partial charge in [0.25, 0.3) is 11.8 Å². The maximum Gasteiger partial charge on any atom is 0.573 e. The first-order valence-corrected chi connectivity index (χ1v) is 12.6. The maximum absolute atomic E-state index is 13.2. The predicted molar refractivity (Wildman–Crippen MR) is 125 cm³/mol. The normalized spacial score (nSPS) is 36.6. The molecule has 1 heterocycles. The lowest BCUT2D eigenvalue weighted by Crippen LogP contribution is -2.60. The summed E-state index contributed by atoms with van der Waals surface area (Å²) in [6.07, 6.45) is 5.38. The number of likely N-dealkylation sites (N-methyl/N-ethyl adjacent to an activating group) is 1. The molecular formula is C27H33F3N2O3. The van der Waals surface area contributed by atoms with E-state index >= 15 is 0 Å². The molecule has 35 heavy (non-hydrogen) atoms. The Labute approximate surface area is 204 Å². The molecule has 0 saturated heterocycles. The van der Waals surface area contributed by atoms with E-state index < -0.39 is 12.3 Å². The molecule has 1 aromatic carbocycles. The third-order valence-electron chi connectivity index (χ3n) is 9.57. The SMILES string of the molecule is CN1C(=O)C(C(=O)Nc2ccc(OC(F)(F)F)cc2)=C[C@@]2(C)C1CC[C@@H]1[C@H]2CC[C@]2(C)CCC[C@@H]12. The largest absolute Gasteiger partial charge is 0.573 e. The zero-order valence-electron chi connectivity index (χ0n) is 20.5. The van der Waals surface area contributed by atoms with Crippen LogP contribution < -0.4 is 10.1 Å². The summed E-state index contributed by atoms with van der Waals surface area (Å²) in [5, 5.41) is 2.69. The molecule has 3 aliphatic carbocycles. The number of carbonyl (C=O) groups is 2. The fourth-order valence-corrected chi connectivity index (χ4v) is 7.98. The minimum absolute atomic E-state index is 0.0670. The zero-order chi connectivity index (χ0) is 25.2. The highest BCUT2D eigenvalue weighted by Gasteiger charge is 2.59. The van der Waals surface area contributed by atoms with Crippen LogP contribution in [0, 0.1) is 28.6 Å². The van der Waals surface area contributed by atoms with Crippen molar-refractivity contribution in [2.24, 2.45) is 28.6 Å². The van der Waals surface area contributed by atoms with Crippen LogP contribution in [0.15, 0.2) is 35.9 Å². The van der Waals surface area contributed by atoms with E-state index in [-0.39, 0.29) is 28.7 Å². The van der Waals surface area contributed by atoms with Crippen molar-refractivity contribution in [2.45, 2.75) is 71.2 Å². The zero-order valence-corrected chi connectivity index (χ0v) is 20.5. The average Bonchev–Trinajstić information content (AvgIpc) is 3.18. The molecule has 0 spiro atoms. The van der Waals surface area contributed by atoms with E-state index in [0.29, 0.717) is 28.9 Å². The van der Waals surface area contributed by atoms with E-state index in [1.807, 2.05) is 6.08 Å². The van der Waals surface area contributed by atoms with Crippen molar-refractivity contribution in [3.63, 3.8) is 0 Å². The number of alkyl halides is 3. The van der Waals surface area contributed by atoms with E-state index in [2.05, 4.69) is 23.9 Å². The molecule has 1 N–H and O–H groups in total. The maximum atomic E-state index is 13.2. The minimum atomic E-state index is -4.78. The monoisotopic (exact) mass is 490 g/mol. The van der Waals surface area contributed by atoms with Gasteiger partial charge in [-0.15, -0.1) is 13.2 Å². The van der Waals surface area contributed by atoms with Crippen molar-refractivity contribution < 1.29 is 27.5 Å². The van der Waals surface area contributed by atoms with E-state index in [9.17, 15) is 22.8 Å². The molecule has 4 aliphatic rings. The number of hydrogen-bond donors (Lipinski definition) is 1. The van der Waals surface area contributed by atoms with Gasteiger partial charge < -0.3 is 15.0 Å². The first-order valence-electron chi connectivity index (χ1n) is 12.6. The summed E-state index contributed by atoms with van der Waals surface area (Å²) in [5.74, 6) is 0.542. The summed E-state index contributed by atoms with van der Waals surface area (Å²) in [6.45, 7) is 4.66. The second-order valence-electron chi connectivity index (χ2n) is 11.4. The highest BCUT2D eigenvalue weighted by atomic mass is 19.4. The molecule has 3 fully saturated rings. The van der Waals surface area contributed by atoms with Gasteiger partial charge in [0.1, 0.15) is 11.3 Å². The molecule has 6 atom stereocenters. The smallest absolute Gasteiger partial charge is 0.406 e. The number of halogens is 3. The van der Waals surface area contributed by atoms with Crippen molar-refractivity contribution in [1.82, 2.24) is 4.90 Å². The number of carbonyl (C=O) groups excluding carboxylic acids is 2. The number of hydrogen-bond acceptors (Lipinski definition) is 3. The second-order valence-corrected chi connectivity index (χ2v) is 11.4. The predicted octanol–water partition coefficient (Wildman–Crippen LogP) is 5.92. The summed E-state index contributed by atoms with van der Waals surface area (Å²) < 4.78 is 41.1. The van der Waals surface area contributed by atoms with Gasteiger partial charge in [-0.1, -0.05) is 26.3 Å². The van der Waals surface area contributed by atoms with Gasteiger partial charge in [0.2, 0.25) is 0 Å². The van der Waals surface area contributed by atoms with Crippen LogP contribution in [0.5, 0.6) is 5.75 Å². The molecule has 5 rings (SSSR count). The number of benzene rings is 1. The Morgan fingerprint density at radius 3 is 2.46 bits per heavy atom. The summed E-state index contributed by atoms with van der Waals surface area (Å²) in [6, 6.07) is 5.00. The van der Waals surface area contributed by atoms with Crippen LogP contribution in [0.3, 0.4) is 0 Å². The molecule has 5 nitrogen and oxygen atoms in total. The lowest BCUT2D eigenvalue weighted by molar-refractivity contribution is -0.274. The highest BCUT2D eigenvalue weighted by molar-refractivity contribution is 6.23. The third kappa shape index (κ3) is 4.12. The van der Waals surface area contributed by atoms with Gasteiger partial charge in [0.05, 0.1) is 0 Å². The number of amides is 2. The van der Waals surface area contributed by atoms with Gasteiger partial charge in [0.15, 0.2) is 0 Å². The molecule has 0 aromatic heterocycles. The molecule has 0 radical (unpaired) electrons. The van der Waals surface area contributed by atoms with Gasteiger partial charge in [0, 0.05) is 24.2 Å². The van der Waals surface area contributed by atoms with Crippen molar-refractivity contribution in [3.8, 4) is 5.75 Å². The van der Waals surface area contributed by atoms with Crippen LogP contribution in [-0.2, 0) is 9.59 Å². The van der Waals surface area contributed by atoms with Crippen LogP contribution in [0.25, 0.3) is 0 Å². The van der Waals surface area contributed by atoms with E-state index in [4.69, 9.17) is 0 Å². The van der Waals surface area contributed by atoms with E-state index in [1.54, 1.807) is 11.9 Å². The molecule has 1 aliphatic heterocycles. The van der Waals surface area contributed by atoms with Crippen molar-refractivity contribution in [2.75, 3.05) is 12.4 Å². The van der Waals surface area contributed by atoms with Gasteiger partial charge in [-0.2, -0.15) is 0 Å². The number of ether oxygens (including phenoxy) is 1. The highest BCUT2D eigenvalue weighted by Crippen LogP contribution is 2.64. The second kappa shape index (κ2) is 8.27. The van der Waals surface area contributed by atoms with Crippen LogP contribution in [-0.4, -0.2) is 36.2 Å². The van der Waals surface area contributed by atoms with Gasteiger partial charge in [-0.25, -0.2) is 0 Å². The Morgan fingerprint density at radius 1 is 1.06 bits per heavy atom. The number of rotatable bonds is 3. The fraction of sp³-hybridized carbons (Fsp3) is 0.630. The Morgan fingerprint density at radius 2 is 1.77 bits per heavy atom. The Kier molecular flexibility index (Phi) is 5.72. The van der Waals surface area contributed by atoms with Crippen LogP contribution in [0.2, 0.25) is 0 Å². The van der Waals surface area contributed by atoms with Gasteiger partial charge in [-0.05, 0) is 86.0 Å². The van der Waals surface area contributed by atoms with E-state index in [1.165, 1.54) is 37.8 Å². The van der Waals surface area contributed by atoms with Gasteiger partial charge in [-0.3, -0.25) is 9.59 Å². The van der Waals surface area contributed by atoms with Crippen molar-refractivity contribution in [3.05, 3.63) is 35.9 Å². The molecular weight excluding hydrogens is 457 g/mol. The molecule has 1 unspecified atom stereocenters. The quantitative estimate of drug-likeness (QED) is 0.535. The Hall–Kier alpha value is -2.51. The van der Waals surface area contributed by atoms with Crippen LogP contribution in [0.4, 0.5) is 18.9 Å². The summed E-state index contributed by atoms with van der Waals surface area (Å²) in [4.78, 5) is 28.2. The number of anilines is 1. The number of fused-ring (bicyclic) bond motifs is 5. The molecule has 3 saturated carbocycles. The summed E-state index contributed by atoms with van der Waals surface area (Å²) >= 11 is 0. The minimum Gasteiger partial charge on any atom is -0.406 e. The number of nitrogens with zero attached hydrogens (tertiary/aromatic N) is 1. The first kappa shape index (κ1) is 24.2. The van der Waals surface area contributed by atoms with Crippen LogP contribution >= 0.6 is 0 Å². The topological polar surface area (TPSA) is 58.6 Å². The fourth-order valence-electron chi connectivity index (χ4n) is 7.98. The lowest BCUT2D eigenvalue weighted by atomic mass is 9.48. The molecule has 2 amide bonds. The van der Waals surface area contributed by atoms with E-state index in [0.717, 1.165) is 31.4 Å².